The quantitative estimate of drug-likeness (QED) is 0.294. The van der Waals surface area contributed by atoms with E-state index in [1.165, 1.54) is 5.56 Å². The molecule has 0 saturated heterocycles. The van der Waals surface area contributed by atoms with Gasteiger partial charge in [-0.15, -0.1) is 24.0 Å². The predicted molar refractivity (Wildman–Crippen MR) is 106 cm³/mol. The van der Waals surface area contributed by atoms with Crippen molar-refractivity contribution in [1.29, 1.82) is 0 Å². The van der Waals surface area contributed by atoms with Gasteiger partial charge in [0.05, 0.1) is 7.11 Å². The summed E-state index contributed by atoms with van der Waals surface area (Å²) in [7, 11) is 3.50. The maximum absolute atomic E-state index is 5.16. The van der Waals surface area contributed by atoms with Gasteiger partial charge in [0.15, 0.2) is 5.96 Å². The van der Waals surface area contributed by atoms with E-state index in [1.54, 1.807) is 7.11 Å². The van der Waals surface area contributed by atoms with Crippen molar-refractivity contribution in [3.8, 4) is 5.75 Å². The molecule has 1 aromatic carbocycles. The highest BCUT2D eigenvalue weighted by molar-refractivity contribution is 14.0. The summed E-state index contributed by atoms with van der Waals surface area (Å²) >= 11 is 0. The van der Waals surface area contributed by atoms with Gasteiger partial charge in [-0.05, 0) is 42.9 Å². The number of nitrogens with one attached hydrogen (secondary N) is 2. The zero-order chi connectivity index (χ0) is 15.5. The number of aryl methyl sites for hydroxylation is 1. The van der Waals surface area contributed by atoms with Crippen LogP contribution in [0.15, 0.2) is 29.3 Å². The van der Waals surface area contributed by atoms with Crippen molar-refractivity contribution in [3.05, 3.63) is 29.8 Å². The van der Waals surface area contributed by atoms with Crippen molar-refractivity contribution in [2.24, 2.45) is 10.9 Å². The molecule has 0 heterocycles. The molecule has 0 fully saturated rings. The third kappa shape index (κ3) is 9.12. The average molecular weight is 419 g/mol. The average Bonchev–Trinajstić information content (AvgIpc) is 2.50. The molecule has 0 amide bonds. The van der Waals surface area contributed by atoms with Gasteiger partial charge in [-0.1, -0.05) is 26.0 Å². The molecule has 2 N–H and O–H groups in total. The Morgan fingerprint density at radius 1 is 1.14 bits per heavy atom. The molecule has 0 aliphatic heterocycles. The molecule has 0 radical (unpaired) electrons. The van der Waals surface area contributed by atoms with Gasteiger partial charge in [0.1, 0.15) is 5.75 Å². The summed E-state index contributed by atoms with van der Waals surface area (Å²) < 4.78 is 5.16. The van der Waals surface area contributed by atoms with Gasteiger partial charge in [-0.3, -0.25) is 4.99 Å². The Balaban J connectivity index is 0.00000441. The van der Waals surface area contributed by atoms with Crippen LogP contribution in [-0.2, 0) is 6.42 Å². The van der Waals surface area contributed by atoms with Crippen LogP contribution >= 0.6 is 24.0 Å². The van der Waals surface area contributed by atoms with Crippen LogP contribution < -0.4 is 15.4 Å². The minimum atomic E-state index is 0. The zero-order valence-electron chi connectivity index (χ0n) is 14.2. The molecule has 1 aromatic rings. The van der Waals surface area contributed by atoms with Crippen molar-refractivity contribution >= 4 is 29.9 Å². The highest BCUT2D eigenvalue weighted by Gasteiger charge is 1.99. The molecule has 1 rings (SSSR count). The molecule has 0 unspecified atom stereocenters. The first-order chi connectivity index (χ1) is 10.2. The number of halogens is 1. The lowest BCUT2D eigenvalue weighted by Crippen LogP contribution is -2.38. The van der Waals surface area contributed by atoms with Crippen molar-refractivity contribution in [2.45, 2.75) is 33.1 Å². The van der Waals surface area contributed by atoms with Crippen LogP contribution in [0.4, 0.5) is 0 Å². The van der Waals surface area contributed by atoms with Gasteiger partial charge in [0.2, 0.25) is 0 Å². The van der Waals surface area contributed by atoms with Crippen LogP contribution in [0.2, 0.25) is 0 Å². The number of nitrogens with zero attached hydrogens (tertiary/aromatic N) is 1. The standard InChI is InChI=1S/C17H29N3O.HI/c1-14(2)11-13-20-17(18-3)19-12-5-6-15-7-9-16(21-4)10-8-15;/h7-10,14H,5-6,11-13H2,1-4H3,(H2,18,19,20);1H. The molecule has 0 saturated carbocycles. The fourth-order valence-electron chi connectivity index (χ4n) is 1.99. The van der Waals surface area contributed by atoms with E-state index in [4.69, 9.17) is 4.74 Å². The Bertz CT molecular complexity index is 418. The molecular weight excluding hydrogens is 389 g/mol. The highest BCUT2D eigenvalue weighted by atomic mass is 127. The van der Waals surface area contributed by atoms with Crippen molar-refractivity contribution in [1.82, 2.24) is 10.6 Å². The third-order valence-corrected chi connectivity index (χ3v) is 3.33. The van der Waals surface area contributed by atoms with Crippen LogP contribution in [0.3, 0.4) is 0 Å². The maximum atomic E-state index is 5.16. The Morgan fingerprint density at radius 3 is 2.32 bits per heavy atom. The number of guanidine groups is 1. The van der Waals surface area contributed by atoms with Gasteiger partial charge in [-0.2, -0.15) is 0 Å². The number of ether oxygens (including phenoxy) is 1. The molecule has 0 atom stereocenters. The summed E-state index contributed by atoms with van der Waals surface area (Å²) in [6, 6.07) is 8.26. The lowest BCUT2D eigenvalue weighted by Gasteiger charge is -2.12. The van der Waals surface area contributed by atoms with E-state index in [0.29, 0.717) is 5.92 Å². The fraction of sp³-hybridized carbons (Fsp3) is 0.588. The smallest absolute Gasteiger partial charge is 0.190 e. The van der Waals surface area contributed by atoms with Gasteiger partial charge in [0.25, 0.3) is 0 Å². The number of hydrogen-bond donors (Lipinski definition) is 2. The summed E-state index contributed by atoms with van der Waals surface area (Å²) in [4.78, 5) is 4.23. The maximum Gasteiger partial charge on any atom is 0.190 e. The SMILES string of the molecule is CN=C(NCCCc1ccc(OC)cc1)NCCC(C)C.I. The molecule has 0 aromatic heterocycles. The minimum absolute atomic E-state index is 0. The molecule has 5 heteroatoms. The van der Waals surface area contributed by atoms with E-state index in [1.807, 2.05) is 19.2 Å². The van der Waals surface area contributed by atoms with E-state index in [0.717, 1.165) is 44.1 Å². The predicted octanol–water partition coefficient (Wildman–Crippen LogP) is 3.46. The largest absolute Gasteiger partial charge is 0.497 e. The van der Waals surface area contributed by atoms with Crippen LogP contribution in [0.1, 0.15) is 32.3 Å². The second-order valence-corrected chi connectivity index (χ2v) is 5.56. The van der Waals surface area contributed by atoms with Gasteiger partial charge >= 0.3 is 0 Å². The summed E-state index contributed by atoms with van der Waals surface area (Å²) in [6.07, 6.45) is 3.30. The van der Waals surface area contributed by atoms with Crippen LogP contribution in [0, 0.1) is 5.92 Å². The van der Waals surface area contributed by atoms with E-state index >= 15 is 0 Å². The topological polar surface area (TPSA) is 45.7 Å². The number of hydrogen-bond acceptors (Lipinski definition) is 2. The molecule has 126 valence electrons. The monoisotopic (exact) mass is 419 g/mol. The molecule has 0 aliphatic carbocycles. The summed E-state index contributed by atoms with van der Waals surface area (Å²) in [5.41, 5.74) is 1.33. The Kier molecular flexibility index (Phi) is 12.0. The first kappa shape index (κ1) is 21.0. The van der Waals surface area contributed by atoms with Crippen molar-refractivity contribution in [3.63, 3.8) is 0 Å². The highest BCUT2D eigenvalue weighted by Crippen LogP contribution is 2.12. The Labute approximate surface area is 152 Å². The van der Waals surface area contributed by atoms with Crippen molar-refractivity contribution < 1.29 is 4.74 Å². The molecule has 0 aliphatic rings. The lowest BCUT2D eigenvalue weighted by atomic mass is 10.1. The molecule has 0 bridgehead atoms. The lowest BCUT2D eigenvalue weighted by molar-refractivity contribution is 0.414. The second kappa shape index (κ2) is 12.6. The summed E-state index contributed by atoms with van der Waals surface area (Å²) in [6.45, 7) is 6.35. The summed E-state index contributed by atoms with van der Waals surface area (Å²) in [5, 5.41) is 6.69. The van der Waals surface area contributed by atoms with Crippen LogP contribution in [0.25, 0.3) is 0 Å². The Morgan fingerprint density at radius 2 is 1.77 bits per heavy atom. The van der Waals surface area contributed by atoms with E-state index in [9.17, 15) is 0 Å². The third-order valence-electron chi connectivity index (χ3n) is 3.33. The molecule has 22 heavy (non-hydrogen) atoms. The number of rotatable bonds is 8. The number of methoxy groups -OCH3 is 1. The molecule has 4 nitrogen and oxygen atoms in total. The fourth-order valence-corrected chi connectivity index (χ4v) is 1.99. The number of aliphatic imine (C=N–C) groups is 1. The first-order valence-electron chi connectivity index (χ1n) is 7.73. The van der Waals surface area contributed by atoms with E-state index in [-0.39, 0.29) is 24.0 Å². The second-order valence-electron chi connectivity index (χ2n) is 5.56. The minimum Gasteiger partial charge on any atom is -0.497 e. The first-order valence-corrected chi connectivity index (χ1v) is 7.73. The number of benzene rings is 1. The van der Waals surface area contributed by atoms with E-state index in [2.05, 4.69) is 41.6 Å². The molecular formula is C17H30IN3O. The zero-order valence-corrected chi connectivity index (χ0v) is 16.5. The van der Waals surface area contributed by atoms with Crippen LogP contribution in [-0.4, -0.2) is 33.2 Å². The van der Waals surface area contributed by atoms with Crippen molar-refractivity contribution in [2.75, 3.05) is 27.2 Å². The van der Waals surface area contributed by atoms with Gasteiger partial charge in [-0.25, -0.2) is 0 Å². The van der Waals surface area contributed by atoms with E-state index < -0.39 is 0 Å². The normalized spacial score (nSPS) is 11.0. The van der Waals surface area contributed by atoms with Gasteiger partial charge in [0, 0.05) is 20.1 Å². The molecule has 0 spiro atoms. The Hall–Kier alpha value is -0.980. The van der Waals surface area contributed by atoms with Crippen LogP contribution in [0.5, 0.6) is 5.75 Å². The van der Waals surface area contributed by atoms with Gasteiger partial charge < -0.3 is 15.4 Å². The summed E-state index contributed by atoms with van der Waals surface area (Å²) in [5.74, 6) is 2.52.